The van der Waals surface area contributed by atoms with Gasteiger partial charge in [0, 0.05) is 36.3 Å². The molecule has 0 aliphatic carbocycles. The van der Waals surface area contributed by atoms with E-state index in [1.165, 1.54) is 6.08 Å². The lowest BCUT2D eigenvalue weighted by Gasteiger charge is -2.20. The minimum absolute atomic E-state index is 0.0879. The molecule has 0 radical (unpaired) electrons. The van der Waals surface area contributed by atoms with Crippen LogP contribution < -0.4 is 10.1 Å². The molecule has 2 N–H and O–H groups in total. The number of nitrogens with zero attached hydrogens (tertiary/aromatic N) is 4. The van der Waals surface area contributed by atoms with Crippen LogP contribution in [0.3, 0.4) is 0 Å². The molecule has 1 amide bonds. The number of ether oxygens (including phenoxy) is 1. The Morgan fingerprint density at radius 3 is 3.00 bits per heavy atom. The molecule has 0 bridgehead atoms. The molecule has 3 aromatic heterocycles. The number of fused-ring (bicyclic) bond motifs is 1. The van der Waals surface area contributed by atoms with Crippen LogP contribution in [-0.2, 0) is 11.3 Å². The summed E-state index contributed by atoms with van der Waals surface area (Å²) < 4.78 is 8.26. The van der Waals surface area contributed by atoms with E-state index >= 15 is 0 Å². The van der Waals surface area contributed by atoms with Gasteiger partial charge in [-0.1, -0.05) is 6.58 Å². The van der Waals surface area contributed by atoms with Crippen molar-refractivity contribution in [2.75, 3.05) is 18.4 Å². The Morgan fingerprint density at radius 1 is 1.52 bits per heavy atom. The number of thiazole rings is 1. The lowest BCUT2D eigenvalue weighted by molar-refractivity contribution is -0.125. The number of nitrogens with one attached hydrogen (secondary N) is 1. The predicted molar refractivity (Wildman–Crippen MR) is 122 cm³/mol. The maximum absolute atomic E-state index is 11.9. The molecule has 1 aliphatic rings. The summed E-state index contributed by atoms with van der Waals surface area (Å²) in [4.78, 5) is 23.8. The molecule has 0 unspecified atom stereocenters. The average molecular weight is 442 g/mol. The summed E-state index contributed by atoms with van der Waals surface area (Å²) in [7, 11) is 0. The normalized spacial score (nSPS) is 16.6. The first-order valence-electron chi connectivity index (χ1n) is 10.2. The van der Waals surface area contributed by atoms with Gasteiger partial charge in [0.05, 0.1) is 29.6 Å². The van der Waals surface area contributed by atoms with Crippen LogP contribution in [0.1, 0.15) is 25.1 Å². The highest BCUT2D eigenvalue weighted by atomic mass is 32.1. The maximum atomic E-state index is 11.9. The maximum Gasteiger partial charge on any atom is 0.246 e. The smallest absolute Gasteiger partial charge is 0.246 e. The van der Waals surface area contributed by atoms with Gasteiger partial charge in [-0.2, -0.15) is 4.98 Å². The molecule has 3 aromatic rings. The molecule has 1 atom stereocenters. The Kier molecular flexibility index (Phi) is 5.72. The van der Waals surface area contributed by atoms with Gasteiger partial charge in [0.25, 0.3) is 0 Å². The fraction of sp³-hybridized carbons (Fsp3) is 0.409. The molecule has 1 aliphatic heterocycles. The molecular formula is C22H27N5O3S. The minimum atomic E-state index is -0.868. The molecule has 164 valence electrons. The monoisotopic (exact) mass is 441 g/mol. The van der Waals surface area contributed by atoms with Crippen LogP contribution in [0.25, 0.3) is 10.9 Å². The molecular weight excluding hydrogens is 414 g/mol. The molecule has 0 saturated carbocycles. The van der Waals surface area contributed by atoms with Crippen LogP contribution in [0, 0.1) is 6.92 Å². The fourth-order valence-corrected chi connectivity index (χ4v) is 4.37. The van der Waals surface area contributed by atoms with Crippen molar-refractivity contribution in [2.24, 2.45) is 0 Å². The number of aliphatic hydroxyl groups is 1. The van der Waals surface area contributed by atoms with Gasteiger partial charge < -0.3 is 24.6 Å². The quantitative estimate of drug-likeness (QED) is 0.546. The zero-order valence-electron chi connectivity index (χ0n) is 18.0. The molecule has 4 rings (SSSR count). The van der Waals surface area contributed by atoms with Crippen LogP contribution in [0.15, 0.2) is 37.2 Å². The van der Waals surface area contributed by atoms with Gasteiger partial charge in [0.2, 0.25) is 11.8 Å². The van der Waals surface area contributed by atoms with Gasteiger partial charge in [-0.3, -0.25) is 4.79 Å². The summed E-state index contributed by atoms with van der Waals surface area (Å²) in [5.41, 5.74) is 0.0349. The van der Waals surface area contributed by atoms with E-state index in [-0.39, 0.29) is 12.0 Å². The second-order valence-electron chi connectivity index (χ2n) is 8.42. The van der Waals surface area contributed by atoms with Gasteiger partial charge in [0.1, 0.15) is 11.9 Å². The number of anilines is 2. The number of hydrogen-bond acceptors (Lipinski definition) is 7. The van der Waals surface area contributed by atoms with Crippen molar-refractivity contribution < 1.29 is 14.6 Å². The summed E-state index contributed by atoms with van der Waals surface area (Å²) in [6.45, 7) is 10.7. The second kappa shape index (κ2) is 8.32. The largest absolute Gasteiger partial charge is 0.472 e. The van der Waals surface area contributed by atoms with E-state index in [1.54, 1.807) is 30.1 Å². The summed E-state index contributed by atoms with van der Waals surface area (Å²) in [5.74, 6) is 1.03. The van der Waals surface area contributed by atoms with Crippen molar-refractivity contribution in [3.63, 3.8) is 0 Å². The van der Waals surface area contributed by atoms with Gasteiger partial charge >= 0.3 is 0 Å². The van der Waals surface area contributed by atoms with Crippen LogP contribution in [0.2, 0.25) is 0 Å². The van der Waals surface area contributed by atoms with Crippen molar-refractivity contribution in [2.45, 2.75) is 45.4 Å². The van der Waals surface area contributed by atoms with Crippen molar-refractivity contribution in [1.82, 2.24) is 19.4 Å². The van der Waals surface area contributed by atoms with Crippen molar-refractivity contribution in [3.05, 3.63) is 42.1 Å². The van der Waals surface area contributed by atoms with Crippen molar-refractivity contribution >= 4 is 39.1 Å². The number of rotatable bonds is 7. The highest BCUT2D eigenvalue weighted by Gasteiger charge is 2.28. The first-order chi connectivity index (χ1) is 14.7. The molecule has 4 heterocycles. The lowest BCUT2D eigenvalue weighted by Crippen LogP contribution is -2.29. The van der Waals surface area contributed by atoms with Crippen LogP contribution in [-0.4, -0.2) is 55.2 Å². The summed E-state index contributed by atoms with van der Waals surface area (Å²) in [6.07, 6.45) is 5.65. The summed E-state index contributed by atoms with van der Waals surface area (Å²) >= 11 is 1.55. The molecule has 9 heteroatoms. The minimum Gasteiger partial charge on any atom is -0.472 e. The van der Waals surface area contributed by atoms with Gasteiger partial charge in [-0.05, 0) is 32.9 Å². The lowest BCUT2D eigenvalue weighted by atomic mass is 10.1. The van der Waals surface area contributed by atoms with Gasteiger partial charge in [-0.25, -0.2) is 4.98 Å². The van der Waals surface area contributed by atoms with Gasteiger partial charge in [-0.15, -0.1) is 11.3 Å². The third-order valence-corrected chi connectivity index (χ3v) is 5.88. The molecule has 0 spiro atoms. The number of aryl methyl sites for hydroxylation is 1. The number of aromatic nitrogens is 3. The summed E-state index contributed by atoms with van der Waals surface area (Å²) in [5, 5.41) is 15.2. The molecule has 31 heavy (non-hydrogen) atoms. The Hall–Kier alpha value is -2.91. The van der Waals surface area contributed by atoms with E-state index < -0.39 is 5.60 Å². The number of carbonyl (C=O) groups is 1. The predicted octanol–water partition coefficient (Wildman–Crippen LogP) is 3.48. The van der Waals surface area contributed by atoms with Crippen molar-refractivity contribution in [1.29, 1.82) is 0 Å². The van der Waals surface area contributed by atoms with Crippen LogP contribution in [0.4, 0.5) is 10.9 Å². The molecule has 8 nitrogen and oxygen atoms in total. The molecule has 1 saturated heterocycles. The van der Waals surface area contributed by atoms with E-state index in [9.17, 15) is 9.90 Å². The van der Waals surface area contributed by atoms with E-state index in [0.29, 0.717) is 31.3 Å². The SMILES string of the molecule is C=CC(=O)N1CC[C@H](Oc2nc(Nc3ncc(C)s3)cc3c2ccn3CC(C)(C)O)C1. The third kappa shape index (κ3) is 4.88. The standard InChI is InChI=1S/C22H27N5O3S/c1-5-19(28)26-8-6-15(12-26)30-20-16-7-9-27(13-22(3,4)29)17(16)10-18(24-20)25-21-23-11-14(2)31-21/h5,7,9-11,15,29H,1,6,8,12-13H2,2-4H3,(H,23,24,25)/t15-/m0/s1. The highest BCUT2D eigenvalue weighted by molar-refractivity contribution is 7.15. The van der Waals surface area contributed by atoms with E-state index in [4.69, 9.17) is 9.72 Å². The van der Waals surface area contributed by atoms with Crippen LogP contribution >= 0.6 is 11.3 Å². The van der Waals surface area contributed by atoms with Crippen molar-refractivity contribution in [3.8, 4) is 5.88 Å². The van der Waals surface area contributed by atoms with E-state index in [2.05, 4.69) is 16.9 Å². The first kappa shape index (κ1) is 21.3. The Morgan fingerprint density at radius 2 is 2.32 bits per heavy atom. The second-order valence-corrected chi connectivity index (χ2v) is 9.65. The number of carbonyl (C=O) groups excluding carboxylic acids is 1. The fourth-order valence-electron chi connectivity index (χ4n) is 3.70. The van der Waals surface area contributed by atoms with Gasteiger partial charge in [0.15, 0.2) is 5.13 Å². The third-order valence-electron chi connectivity index (χ3n) is 5.06. The highest BCUT2D eigenvalue weighted by Crippen LogP contribution is 2.32. The number of hydrogen-bond donors (Lipinski definition) is 2. The zero-order chi connectivity index (χ0) is 22.2. The van der Waals surface area contributed by atoms with Crippen LogP contribution in [0.5, 0.6) is 5.88 Å². The Labute approximate surface area is 185 Å². The molecule has 0 aromatic carbocycles. The summed E-state index contributed by atoms with van der Waals surface area (Å²) in [6, 6.07) is 3.88. The number of pyridine rings is 1. The van der Waals surface area contributed by atoms with E-state index in [1.807, 2.05) is 36.0 Å². The van der Waals surface area contributed by atoms with E-state index in [0.717, 1.165) is 27.3 Å². The number of likely N-dealkylation sites (tertiary alicyclic amines) is 1. The number of amides is 1. The average Bonchev–Trinajstić information content (AvgIpc) is 3.42. The Bertz CT molecular complexity index is 1110. The first-order valence-corrected chi connectivity index (χ1v) is 11.0. The topological polar surface area (TPSA) is 92.5 Å². The zero-order valence-corrected chi connectivity index (χ0v) is 18.8. The Balaban J connectivity index is 1.67. The molecule has 1 fully saturated rings.